The first-order valence-electron chi connectivity index (χ1n) is 8.38. The molecule has 0 saturated heterocycles. The number of aromatic nitrogens is 2. The van der Waals surface area contributed by atoms with Crippen LogP contribution in [0.2, 0.25) is 0 Å². The van der Waals surface area contributed by atoms with Gasteiger partial charge in [0.1, 0.15) is 5.82 Å². The highest BCUT2D eigenvalue weighted by molar-refractivity contribution is 5.91. The van der Waals surface area contributed by atoms with Gasteiger partial charge in [-0.25, -0.2) is 4.98 Å². The van der Waals surface area contributed by atoms with Crippen LogP contribution in [0.1, 0.15) is 23.9 Å². The van der Waals surface area contributed by atoms with E-state index in [1.807, 2.05) is 36.4 Å². The van der Waals surface area contributed by atoms with E-state index in [0.29, 0.717) is 6.54 Å². The van der Waals surface area contributed by atoms with E-state index in [-0.39, 0.29) is 0 Å². The molecule has 1 aromatic heterocycles. The summed E-state index contributed by atoms with van der Waals surface area (Å²) in [6, 6.07) is 16.3. The molecule has 1 amide bonds. The van der Waals surface area contributed by atoms with Gasteiger partial charge in [0.05, 0.1) is 17.6 Å². The maximum absolute atomic E-state index is 10.9. The van der Waals surface area contributed by atoms with Crippen LogP contribution in [0, 0.1) is 0 Å². The summed E-state index contributed by atoms with van der Waals surface area (Å²) in [5, 5.41) is 3.45. The van der Waals surface area contributed by atoms with Gasteiger partial charge in [-0.3, -0.25) is 4.79 Å². The number of imidazole rings is 1. The fourth-order valence-corrected chi connectivity index (χ4v) is 2.88. The molecule has 0 aliphatic carbocycles. The fraction of sp³-hybridized carbons (Fsp3) is 0.200. The molecule has 5 heteroatoms. The number of amides is 1. The molecule has 2 aromatic carbocycles. The SMILES string of the molecule is CCn1c(CNCc2ccccc2)nc2cc(/C=C/C(N)=O)ccc21. The lowest BCUT2D eigenvalue weighted by molar-refractivity contribution is -0.113. The van der Waals surface area contributed by atoms with E-state index in [2.05, 4.69) is 28.9 Å². The van der Waals surface area contributed by atoms with Crippen molar-refractivity contribution in [1.82, 2.24) is 14.9 Å². The number of hydrogen-bond donors (Lipinski definition) is 2. The van der Waals surface area contributed by atoms with Crippen LogP contribution in [0.5, 0.6) is 0 Å². The molecule has 0 radical (unpaired) electrons. The molecule has 25 heavy (non-hydrogen) atoms. The van der Waals surface area contributed by atoms with Crippen molar-refractivity contribution in [2.24, 2.45) is 5.73 Å². The zero-order valence-corrected chi connectivity index (χ0v) is 14.3. The van der Waals surface area contributed by atoms with Gasteiger partial charge in [-0.15, -0.1) is 0 Å². The van der Waals surface area contributed by atoms with Gasteiger partial charge < -0.3 is 15.6 Å². The molecule has 1 heterocycles. The predicted molar refractivity (Wildman–Crippen MR) is 101 cm³/mol. The number of hydrogen-bond acceptors (Lipinski definition) is 3. The lowest BCUT2D eigenvalue weighted by atomic mass is 10.2. The van der Waals surface area contributed by atoms with Crippen molar-refractivity contribution in [2.75, 3.05) is 0 Å². The van der Waals surface area contributed by atoms with E-state index in [0.717, 1.165) is 35.5 Å². The molecule has 0 spiro atoms. The van der Waals surface area contributed by atoms with E-state index in [1.54, 1.807) is 6.08 Å². The first kappa shape index (κ1) is 16.9. The average Bonchev–Trinajstić information content (AvgIpc) is 2.97. The molecule has 3 N–H and O–H groups in total. The van der Waals surface area contributed by atoms with Crippen molar-refractivity contribution in [3.8, 4) is 0 Å². The first-order valence-corrected chi connectivity index (χ1v) is 8.38. The van der Waals surface area contributed by atoms with Gasteiger partial charge in [0, 0.05) is 19.2 Å². The third-order valence-electron chi connectivity index (χ3n) is 4.06. The van der Waals surface area contributed by atoms with Crippen LogP contribution in [0.3, 0.4) is 0 Å². The van der Waals surface area contributed by atoms with Gasteiger partial charge in [0.15, 0.2) is 0 Å². The van der Waals surface area contributed by atoms with Gasteiger partial charge in [0.2, 0.25) is 5.91 Å². The molecule has 3 rings (SSSR count). The summed E-state index contributed by atoms with van der Waals surface area (Å²) in [6.07, 6.45) is 3.07. The Labute approximate surface area is 147 Å². The van der Waals surface area contributed by atoms with E-state index in [1.165, 1.54) is 11.6 Å². The Morgan fingerprint density at radius 2 is 2.00 bits per heavy atom. The van der Waals surface area contributed by atoms with Gasteiger partial charge in [0.25, 0.3) is 0 Å². The van der Waals surface area contributed by atoms with Gasteiger partial charge in [-0.2, -0.15) is 0 Å². The van der Waals surface area contributed by atoms with Crippen molar-refractivity contribution in [1.29, 1.82) is 0 Å². The normalized spacial score (nSPS) is 11.4. The number of rotatable bonds is 7. The van der Waals surface area contributed by atoms with Crippen molar-refractivity contribution < 1.29 is 4.79 Å². The van der Waals surface area contributed by atoms with Gasteiger partial charge in [-0.1, -0.05) is 36.4 Å². The number of nitrogens with one attached hydrogen (secondary N) is 1. The lowest BCUT2D eigenvalue weighted by Gasteiger charge is -2.07. The fourth-order valence-electron chi connectivity index (χ4n) is 2.88. The summed E-state index contributed by atoms with van der Waals surface area (Å²) >= 11 is 0. The van der Waals surface area contributed by atoms with Crippen LogP contribution in [0.15, 0.2) is 54.6 Å². The smallest absolute Gasteiger partial charge is 0.241 e. The van der Waals surface area contributed by atoms with E-state index in [4.69, 9.17) is 10.7 Å². The number of nitrogens with zero attached hydrogens (tertiary/aromatic N) is 2. The Kier molecular flexibility index (Phi) is 5.26. The Hall–Kier alpha value is -2.92. The van der Waals surface area contributed by atoms with Crippen LogP contribution in [-0.2, 0) is 24.4 Å². The predicted octanol–water partition coefficient (Wildman–Crippen LogP) is 2.84. The van der Waals surface area contributed by atoms with Gasteiger partial charge >= 0.3 is 0 Å². The Bertz CT molecular complexity index is 897. The number of aryl methyl sites for hydroxylation is 1. The second-order valence-corrected chi connectivity index (χ2v) is 5.85. The molecule has 5 nitrogen and oxygen atoms in total. The minimum absolute atomic E-state index is 0.454. The first-order chi connectivity index (χ1) is 12.2. The molecule has 0 atom stereocenters. The molecule has 0 aliphatic heterocycles. The number of carbonyl (C=O) groups is 1. The highest BCUT2D eigenvalue weighted by atomic mass is 16.1. The van der Waals surface area contributed by atoms with Crippen molar-refractivity contribution >= 4 is 23.0 Å². The van der Waals surface area contributed by atoms with Crippen LogP contribution in [0.25, 0.3) is 17.1 Å². The summed E-state index contributed by atoms with van der Waals surface area (Å²) in [4.78, 5) is 15.6. The van der Waals surface area contributed by atoms with Crippen molar-refractivity contribution in [3.63, 3.8) is 0 Å². The van der Waals surface area contributed by atoms with Crippen molar-refractivity contribution in [2.45, 2.75) is 26.6 Å². The Balaban J connectivity index is 1.78. The van der Waals surface area contributed by atoms with Crippen LogP contribution in [-0.4, -0.2) is 15.5 Å². The minimum Gasteiger partial charge on any atom is -0.366 e. The zero-order valence-electron chi connectivity index (χ0n) is 14.3. The van der Waals surface area contributed by atoms with E-state index >= 15 is 0 Å². The Morgan fingerprint density at radius 3 is 2.72 bits per heavy atom. The summed E-state index contributed by atoms with van der Waals surface area (Å²) in [5.74, 6) is 0.550. The Morgan fingerprint density at radius 1 is 1.20 bits per heavy atom. The highest BCUT2D eigenvalue weighted by Gasteiger charge is 2.09. The maximum Gasteiger partial charge on any atom is 0.241 e. The number of primary amides is 1. The number of nitrogens with two attached hydrogens (primary N) is 1. The average molecular weight is 334 g/mol. The third-order valence-corrected chi connectivity index (χ3v) is 4.06. The minimum atomic E-state index is -0.454. The quantitative estimate of drug-likeness (QED) is 0.653. The topological polar surface area (TPSA) is 72.9 Å². The summed E-state index contributed by atoms with van der Waals surface area (Å²) < 4.78 is 2.20. The second kappa shape index (κ2) is 7.77. The summed E-state index contributed by atoms with van der Waals surface area (Å²) in [6.45, 7) is 4.47. The van der Waals surface area contributed by atoms with Crippen LogP contribution >= 0.6 is 0 Å². The lowest BCUT2D eigenvalue weighted by Crippen LogP contribution is -2.16. The molecule has 0 bridgehead atoms. The highest BCUT2D eigenvalue weighted by Crippen LogP contribution is 2.19. The molecule has 0 aliphatic rings. The van der Waals surface area contributed by atoms with Gasteiger partial charge in [-0.05, 0) is 36.3 Å². The molecule has 3 aromatic rings. The molecule has 0 fully saturated rings. The maximum atomic E-state index is 10.9. The van der Waals surface area contributed by atoms with Crippen molar-refractivity contribution in [3.05, 3.63) is 71.6 Å². The largest absolute Gasteiger partial charge is 0.366 e. The molecular formula is C20H22N4O. The summed E-state index contributed by atoms with van der Waals surface area (Å²) in [7, 11) is 0. The molecule has 0 saturated carbocycles. The summed E-state index contributed by atoms with van der Waals surface area (Å²) in [5.41, 5.74) is 9.33. The third kappa shape index (κ3) is 4.14. The number of carbonyl (C=O) groups excluding carboxylic acids is 1. The molecular weight excluding hydrogens is 312 g/mol. The van der Waals surface area contributed by atoms with Crippen LogP contribution < -0.4 is 11.1 Å². The van der Waals surface area contributed by atoms with E-state index < -0.39 is 5.91 Å². The number of benzene rings is 2. The zero-order chi connectivity index (χ0) is 17.6. The van der Waals surface area contributed by atoms with Crippen LogP contribution in [0.4, 0.5) is 0 Å². The monoisotopic (exact) mass is 334 g/mol. The molecule has 0 unspecified atom stereocenters. The standard InChI is InChI=1S/C20H22N4O/c1-2-24-18-10-8-15(9-11-19(21)25)12-17(18)23-20(24)14-22-13-16-6-4-3-5-7-16/h3-12,22H,2,13-14H2,1H3,(H2,21,25)/b11-9+. The number of fused-ring (bicyclic) bond motifs is 1. The molecule has 128 valence electrons. The second-order valence-electron chi connectivity index (χ2n) is 5.85. The van der Waals surface area contributed by atoms with E-state index in [9.17, 15) is 4.79 Å².